The number of carbonyl (C=O) groups is 1. The van der Waals surface area contributed by atoms with E-state index in [0.717, 1.165) is 57.2 Å². The van der Waals surface area contributed by atoms with Gasteiger partial charge in [0.05, 0.1) is 0 Å². The maximum absolute atomic E-state index is 12.4. The lowest BCUT2D eigenvalue weighted by atomic mass is 9.85. The van der Waals surface area contributed by atoms with E-state index in [1.54, 1.807) is 0 Å². The van der Waals surface area contributed by atoms with Crippen molar-refractivity contribution in [1.29, 1.82) is 0 Å². The maximum atomic E-state index is 12.4. The summed E-state index contributed by atoms with van der Waals surface area (Å²) in [6.07, 6.45) is 5.56. The molecule has 0 spiro atoms. The average molecular weight is 349 g/mol. The van der Waals surface area contributed by atoms with Crippen LogP contribution < -0.4 is 5.32 Å². The van der Waals surface area contributed by atoms with Crippen molar-refractivity contribution in [3.8, 4) is 0 Å². The second-order valence-electron chi connectivity index (χ2n) is 6.86. The van der Waals surface area contributed by atoms with E-state index in [1.165, 1.54) is 11.1 Å². The number of hydrogen-bond donors (Lipinski definition) is 1. The molecule has 2 amide bonds. The first kappa shape index (κ1) is 17.6. The van der Waals surface area contributed by atoms with Crippen molar-refractivity contribution in [1.82, 2.24) is 10.2 Å². The predicted octanol–water partition coefficient (Wildman–Crippen LogP) is 3.51. The first-order valence-corrected chi connectivity index (χ1v) is 10.3. The van der Waals surface area contributed by atoms with Crippen molar-refractivity contribution in [3.05, 3.63) is 35.4 Å². The third-order valence-electron chi connectivity index (χ3n) is 5.19. The quantitative estimate of drug-likeness (QED) is 0.885. The lowest BCUT2D eigenvalue weighted by Gasteiger charge is -2.27. The van der Waals surface area contributed by atoms with Crippen LogP contribution in [0.4, 0.5) is 4.79 Å². The van der Waals surface area contributed by atoms with E-state index in [2.05, 4.69) is 35.8 Å². The van der Waals surface area contributed by atoms with Crippen molar-refractivity contribution in [2.24, 2.45) is 11.8 Å². The van der Waals surface area contributed by atoms with Gasteiger partial charge in [0.2, 0.25) is 0 Å². The van der Waals surface area contributed by atoms with Gasteiger partial charge < -0.3 is 15.0 Å². The van der Waals surface area contributed by atoms with Crippen molar-refractivity contribution in [2.45, 2.75) is 31.6 Å². The monoisotopic (exact) mass is 348 g/mol. The minimum atomic E-state index is 0.0832. The molecule has 5 heteroatoms. The third kappa shape index (κ3) is 4.67. The number of nitrogens with zero attached hydrogens (tertiary/aromatic N) is 1. The van der Waals surface area contributed by atoms with E-state index < -0.39 is 0 Å². The molecular weight excluding hydrogens is 320 g/mol. The molecule has 0 aromatic heterocycles. The van der Waals surface area contributed by atoms with Gasteiger partial charge in [-0.05, 0) is 48.5 Å². The minimum Gasteiger partial charge on any atom is -0.381 e. The van der Waals surface area contributed by atoms with Crippen LogP contribution in [-0.4, -0.2) is 43.5 Å². The molecule has 2 saturated heterocycles. The minimum absolute atomic E-state index is 0.0832. The number of rotatable bonds is 5. The normalized spacial score (nSPS) is 21.9. The highest BCUT2D eigenvalue weighted by Gasteiger charge is 2.32. The van der Waals surface area contributed by atoms with Gasteiger partial charge in [0.15, 0.2) is 0 Å². The number of carbonyl (C=O) groups excluding carboxylic acids is 1. The van der Waals surface area contributed by atoms with Gasteiger partial charge in [0.25, 0.3) is 0 Å². The molecule has 1 atom stereocenters. The maximum Gasteiger partial charge on any atom is 0.317 e. The second kappa shape index (κ2) is 8.77. The highest BCUT2D eigenvalue weighted by Crippen LogP contribution is 2.31. The highest BCUT2D eigenvalue weighted by molar-refractivity contribution is 7.97. The van der Waals surface area contributed by atoms with Gasteiger partial charge in [-0.3, -0.25) is 0 Å². The van der Waals surface area contributed by atoms with Crippen LogP contribution in [-0.2, 0) is 17.0 Å². The van der Waals surface area contributed by atoms with Crippen LogP contribution in [0.2, 0.25) is 0 Å². The SMILES string of the molecule is CSCc1cccc(CNC(=O)N2CCC(C3CCOCC3)C2)c1. The number of ether oxygens (including phenoxy) is 1. The second-order valence-corrected chi connectivity index (χ2v) is 7.72. The van der Waals surface area contributed by atoms with Crippen LogP contribution in [0, 0.1) is 11.8 Å². The van der Waals surface area contributed by atoms with Crippen LogP contribution >= 0.6 is 11.8 Å². The van der Waals surface area contributed by atoms with Crippen LogP contribution in [0.1, 0.15) is 30.4 Å². The van der Waals surface area contributed by atoms with E-state index in [1.807, 2.05) is 16.7 Å². The fraction of sp³-hybridized carbons (Fsp3) is 0.632. The van der Waals surface area contributed by atoms with Crippen molar-refractivity contribution < 1.29 is 9.53 Å². The first-order valence-electron chi connectivity index (χ1n) is 8.93. The van der Waals surface area contributed by atoms with Crippen LogP contribution in [0.15, 0.2) is 24.3 Å². The molecule has 0 aliphatic carbocycles. The van der Waals surface area contributed by atoms with Crippen LogP contribution in [0.3, 0.4) is 0 Å². The Labute approximate surface area is 149 Å². The summed E-state index contributed by atoms with van der Waals surface area (Å²) in [5, 5.41) is 3.09. The molecule has 2 fully saturated rings. The Hall–Kier alpha value is -1.20. The molecule has 2 heterocycles. The lowest BCUT2D eigenvalue weighted by molar-refractivity contribution is 0.0484. The molecule has 4 nitrogen and oxygen atoms in total. The zero-order valence-corrected chi connectivity index (χ0v) is 15.3. The average Bonchev–Trinajstić information content (AvgIpc) is 3.11. The van der Waals surface area contributed by atoms with Gasteiger partial charge in [-0.1, -0.05) is 24.3 Å². The summed E-state index contributed by atoms with van der Waals surface area (Å²) in [7, 11) is 0. The number of urea groups is 1. The van der Waals surface area contributed by atoms with Crippen molar-refractivity contribution in [2.75, 3.05) is 32.6 Å². The topological polar surface area (TPSA) is 41.6 Å². The van der Waals surface area contributed by atoms with Gasteiger partial charge in [-0.15, -0.1) is 0 Å². The largest absolute Gasteiger partial charge is 0.381 e. The summed E-state index contributed by atoms with van der Waals surface area (Å²) in [6.45, 7) is 4.18. The van der Waals surface area contributed by atoms with E-state index in [0.29, 0.717) is 12.5 Å². The molecule has 1 aromatic rings. The van der Waals surface area contributed by atoms with Gasteiger partial charge in [0, 0.05) is 38.6 Å². The van der Waals surface area contributed by atoms with Gasteiger partial charge >= 0.3 is 6.03 Å². The molecule has 0 saturated carbocycles. The Morgan fingerprint density at radius 1 is 1.25 bits per heavy atom. The van der Waals surface area contributed by atoms with Gasteiger partial charge in [-0.2, -0.15) is 11.8 Å². The molecule has 1 N–H and O–H groups in total. The molecule has 2 aliphatic heterocycles. The molecular formula is C19H28N2O2S. The Morgan fingerprint density at radius 3 is 2.83 bits per heavy atom. The van der Waals surface area contributed by atoms with E-state index in [9.17, 15) is 4.79 Å². The Morgan fingerprint density at radius 2 is 2.04 bits per heavy atom. The number of hydrogen-bond acceptors (Lipinski definition) is 3. The smallest absolute Gasteiger partial charge is 0.317 e. The number of amides is 2. The number of likely N-dealkylation sites (tertiary alicyclic amines) is 1. The molecule has 0 bridgehead atoms. The summed E-state index contributed by atoms with van der Waals surface area (Å²) in [4.78, 5) is 14.4. The van der Waals surface area contributed by atoms with Gasteiger partial charge in [0.1, 0.15) is 0 Å². The Balaban J connectivity index is 1.46. The summed E-state index contributed by atoms with van der Waals surface area (Å²) in [6, 6.07) is 8.56. The molecule has 1 aromatic carbocycles. The third-order valence-corrected chi connectivity index (χ3v) is 5.81. The van der Waals surface area contributed by atoms with Gasteiger partial charge in [-0.25, -0.2) is 4.79 Å². The zero-order chi connectivity index (χ0) is 16.8. The Kier molecular flexibility index (Phi) is 6.44. The molecule has 2 aliphatic rings. The summed E-state index contributed by atoms with van der Waals surface area (Å²) < 4.78 is 5.45. The summed E-state index contributed by atoms with van der Waals surface area (Å²) in [5.41, 5.74) is 2.49. The fourth-order valence-electron chi connectivity index (χ4n) is 3.83. The molecule has 24 heavy (non-hydrogen) atoms. The molecule has 0 radical (unpaired) electrons. The zero-order valence-electron chi connectivity index (χ0n) is 14.5. The Bertz CT molecular complexity index is 546. The highest BCUT2D eigenvalue weighted by atomic mass is 32.2. The van der Waals surface area contributed by atoms with Crippen LogP contribution in [0.25, 0.3) is 0 Å². The standard InChI is InChI=1S/C19H28N2O2S/c1-24-14-16-4-2-3-15(11-16)12-20-19(22)21-8-5-18(13-21)17-6-9-23-10-7-17/h2-4,11,17-18H,5-10,12-14H2,1H3,(H,20,22). The van der Waals surface area contributed by atoms with E-state index in [4.69, 9.17) is 4.74 Å². The summed E-state index contributed by atoms with van der Waals surface area (Å²) in [5.74, 6) is 2.41. The number of benzene rings is 1. The fourth-order valence-corrected chi connectivity index (χ4v) is 4.34. The van der Waals surface area contributed by atoms with Crippen LogP contribution in [0.5, 0.6) is 0 Å². The first-order chi connectivity index (χ1) is 11.8. The molecule has 3 rings (SSSR count). The van der Waals surface area contributed by atoms with E-state index in [-0.39, 0.29) is 6.03 Å². The summed E-state index contributed by atoms with van der Waals surface area (Å²) >= 11 is 1.82. The number of nitrogens with one attached hydrogen (secondary N) is 1. The predicted molar refractivity (Wildman–Crippen MR) is 99.1 cm³/mol. The molecule has 1 unspecified atom stereocenters. The number of thioether (sulfide) groups is 1. The van der Waals surface area contributed by atoms with Crippen molar-refractivity contribution >= 4 is 17.8 Å². The van der Waals surface area contributed by atoms with Crippen molar-refractivity contribution in [3.63, 3.8) is 0 Å². The molecule has 132 valence electrons. The lowest BCUT2D eigenvalue weighted by Crippen LogP contribution is -2.38. The van der Waals surface area contributed by atoms with E-state index >= 15 is 0 Å².